The number of carboxylic acids is 3. The van der Waals surface area contributed by atoms with Crippen LogP contribution in [0.3, 0.4) is 0 Å². The van der Waals surface area contributed by atoms with Crippen LogP contribution in [0.25, 0.3) is 0 Å². The quantitative estimate of drug-likeness (QED) is 0.0483. The molecule has 1 N–H and O–H groups in total. The van der Waals surface area contributed by atoms with E-state index in [4.69, 9.17) is 5.11 Å². The number of carbonyl (C=O) groups is 3. The van der Waals surface area contributed by atoms with Crippen molar-refractivity contribution in [1.82, 2.24) is 0 Å². The molecule has 0 heterocycles. The van der Waals surface area contributed by atoms with Crippen LogP contribution >= 0.6 is 0 Å². The summed E-state index contributed by atoms with van der Waals surface area (Å²) in [5, 5.41) is 28.9. The smallest absolute Gasteiger partial charge is 0.550 e. The van der Waals surface area contributed by atoms with E-state index in [-0.39, 0.29) is 32.3 Å². The molecule has 0 saturated carbocycles. The molecule has 0 radical (unpaired) electrons. The topological polar surface area (TPSA) is 118 Å². The van der Waals surface area contributed by atoms with Crippen LogP contribution < -0.4 is 10.2 Å². The average Bonchev–Trinajstić information content (AvgIpc) is 3.14. The van der Waals surface area contributed by atoms with Crippen LogP contribution in [0.2, 0.25) is 0 Å². The van der Waals surface area contributed by atoms with Crippen molar-refractivity contribution in [1.29, 1.82) is 0 Å². The SMILES string of the molecule is CCCCCCCCCCCC(=O)O.CCCCCCCCCCCCCCCCCC(=O)[O-].CCCCCCCCCCCCCCCCCC(=O)[O-].[Zn+2]. The minimum atomic E-state index is -0.903. The third kappa shape index (κ3) is 71.2. The van der Waals surface area contributed by atoms with Gasteiger partial charge in [0, 0.05) is 18.4 Å². The molecule has 0 aromatic heterocycles. The maximum Gasteiger partial charge on any atom is 2.00 e. The molecule has 0 aliphatic rings. The number of carbonyl (C=O) groups excluding carboxylic acids is 2. The number of rotatable bonds is 42. The molecule has 0 aliphatic carbocycles. The summed E-state index contributed by atoms with van der Waals surface area (Å²) >= 11 is 0. The zero-order valence-corrected chi connectivity index (χ0v) is 40.4. The second-order valence-corrected chi connectivity index (χ2v) is 16.1. The van der Waals surface area contributed by atoms with Crippen molar-refractivity contribution >= 4 is 17.9 Å². The molecule has 0 spiro atoms. The summed E-state index contributed by atoms with van der Waals surface area (Å²) in [5.41, 5.74) is 0. The fourth-order valence-electron chi connectivity index (χ4n) is 6.87. The van der Waals surface area contributed by atoms with Gasteiger partial charge >= 0.3 is 25.4 Å². The van der Waals surface area contributed by atoms with Gasteiger partial charge < -0.3 is 24.9 Å². The van der Waals surface area contributed by atoms with Crippen LogP contribution in [-0.4, -0.2) is 23.0 Å². The molecule has 324 valence electrons. The Morgan fingerprint density at radius 2 is 0.436 bits per heavy atom. The van der Waals surface area contributed by atoms with Crippen LogP contribution in [0, 0.1) is 0 Å². The molecular formula is C48H94O6Zn. The summed E-state index contributed by atoms with van der Waals surface area (Å²) in [6.07, 6.45) is 51.2. The van der Waals surface area contributed by atoms with E-state index in [1.807, 2.05) is 0 Å². The van der Waals surface area contributed by atoms with Crippen molar-refractivity contribution in [2.75, 3.05) is 0 Å². The molecule has 0 unspecified atom stereocenters. The van der Waals surface area contributed by atoms with E-state index >= 15 is 0 Å². The van der Waals surface area contributed by atoms with E-state index in [1.54, 1.807) is 0 Å². The Morgan fingerprint density at radius 3 is 0.582 bits per heavy atom. The van der Waals surface area contributed by atoms with Gasteiger partial charge in [0.25, 0.3) is 0 Å². The third-order valence-electron chi connectivity index (χ3n) is 10.5. The first-order valence-corrected chi connectivity index (χ1v) is 23.9. The van der Waals surface area contributed by atoms with Gasteiger partial charge in [-0.1, -0.05) is 252 Å². The van der Waals surface area contributed by atoms with Crippen molar-refractivity contribution in [3.05, 3.63) is 0 Å². The van der Waals surface area contributed by atoms with Gasteiger partial charge in [-0.05, 0) is 32.1 Å². The first kappa shape index (κ1) is 60.7. The average molecular weight is 833 g/mol. The number of hydrogen-bond donors (Lipinski definition) is 1. The number of carboxylic acid groups (broad SMARTS) is 3. The first-order valence-electron chi connectivity index (χ1n) is 23.9. The van der Waals surface area contributed by atoms with Gasteiger partial charge in [0.1, 0.15) is 0 Å². The van der Waals surface area contributed by atoms with Gasteiger partial charge in [-0.15, -0.1) is 0 Å². The molecule has 0 atom stereocenters. The molecule has 0 aromatic rings. The van der Waals surface area contributed by atoms with Crippen molar-refractivity contribution in [3.63, 3.8) is 0 Å². The monoisotopic (exact) mass is 831 g/mol. The van der Waals surface area contributed by atoms with E-state index in [9.17, 15) is 24.6 Å². The maximum atomic E-state index is 10.2. The van der Waals surface area contributed by atoms with E-state index in [1.165, 1.54) is 212 Å². The number of unbranched alkanes of at least 4 members (excludes halogenated alkanes) is 36. The van der Waals surface area contributed by atoms with Crippen LogP contribution in [0.1, 0.15) is 290 Å². The van der Waals surface area contributed by atoms with Gasteiger partial charge in [-0.2, -0.15) is 0 Å². The largest absolute Gasteiger partial charge is 2.00 e. The molecule has 55 heavy (non-hydrogen) atoms. The molecule has 0 bridgehead atoms. The van der Waals surface area contributed by atoms with Crippen LogP contribution in [0.4, 0.5) is 0 Å². The predicted octanol–water partition coefficient (Wildman–Crippen LogP) is 14.0. The van der Waals surface area contributed by atoms with Gasteiger partial charge in [-0.3, -0.25) is 4.79 Å². The van der Waals surface area contributed by atoms with Crippen molar-refractivity contribution in [3.8, 4) is 0 Å². The van der Waals surface area contributed by atoms with E-state index in [0.717, 1.165) is 38.5 Å². The van der Waals surface area contributed by atoms with Crippen LogP contribution in [0.15, 0.2) is 0 Å². The molecule has 0 amide bonds. The summed E-state index contributed by atoms with van der Waals surface area (Å²) in [7, 11) is 0. The zero-order chi connectivity index (χ0) is 40.4. The van der Waals surface area contributed by atoms with E-state index < -0.39 is 17.9 Å². The van der Waals surface area contributed by atoms with Gasteiger partial charge in [0.2, 0.25) is 0 Å². The summed E-state index contributed by atoms with van der Waals surface area (Å²) < 4.78 is 0. The fraction of sp³-hybridized carbons (Fsp3) is 0.938. The Labute approximate surface area is 356 Å². The molecule has 0 aliphatic heterocycles. The third-order valence-corrected chi connectivity index (χ3v) is 10.5. The van der Waals surface area contributed by atoms with Crippen molar-refractivity contribution in [2.45, 2.75) is 290 Å². The van der Waals surface area contributed by atoms with Crippen molar-refractivity contribution in [2.24, 2.45) is 0 Å². The second-order valence-electron chi connectivity index (χ2n) is 16.1. The number of aliphatic carboxylic acids is 3. The molecule has 6 nitrogen and oxygen atoms in total. The van der Waals surface area contributed by atoms with Gasteiger partial charge in [0.05, 0.1) is 0 Å². The van der Waals surface area contributed by atoms with Gasteiger partial charge in [0.15, 0.2) is 0 Å². The summed E-state index contributed by atoms with van der Waals surface area (Å²) in [6, 6.07) is 0. The minimum Gasteiger partial charge on any atom is -0.550 e. The van der Waals surface area contributed by atoms with Crippen LogP contribution in [0.5, 0.6) is 0 Å². The number of hydrogen-bond acceptors (Lipinski definition) is 5. The maximum absolute atomic E-state index is 10.2. The predicted molar refractivity (Wildman–Crippen MR) is 229 cm³/mol. The van der Waals surface area contributed by atoms with E-state index in [2.05, 4.69) is 20.8 Å². The van der Waals surface area contributed by atoms with E-state index in [0.29, 0.717) is 6.42 Å². The normalized spacial score (nSPS) is 10.5. The fourth-order valence-corrected chi connectivity index (χ4v) is 6.87. The Kier molecular flexibility index (Phi) is 63.3. The van der Waals surface area contributed by atoms with Crippen molar-refractivity contribution < 1.29 is 49.2 Å². The standard InChI is InChI=1S/2C18H36O2.C12H24O2.Zn/c2*1-2-3-4-5-6-7-8-9-10-11-12-13-14-15-16-17-18(19)20;1-2-3-4-5-6-7-8-9-10-11-12(13)14;/h2*2-17H2,1H3,(H,19,20);2-11H2,1H3,(H,13,14);/q;;;+2/p-2. The molecule has 0 saturated heterocycles. The Morgan fingerprint density at radius 1 is 0.291 bits per heavy atom. The Hall–Kier alpha value is -0.967. The second kappa shape index (κ2) is 57.4. The minimum absolute atomic E-state index is 0. The van der Waals surface area contributed by atoms with Gasteiger partial charge in [-0.25, -0.2) is 0 Å². The molecular weight excluding hydrogens is 738 g/mol. The summed E-state index contributed by atoms with van der Waals surface area (Å²) in [4.78, 5) is 30.7. The zero-order valence-electron chi connectivity index (χ0n) is 37.4. The molecule has 0 aromatic carbocycles. The van der Waals surface area contributed by atoms with Crippen LogP contribution in [-0.2, 0) is 33.9 Å². The Bertz CT molecular complexity index is 687. The Balaban J connectivity index is -0.000000358. The first-order chi connectivity index (χ1) is 26.3. The molecule has 0 fully saturated rings. The molecule has 7 heteroatoms. The molecule has 0 rings (SSSR count). The summed E-state index contributed by atoms with van der Waals surface area (Å²) in [5.74, 6) is -2.47. The summed E-state index contributed by atoms with van der Waals surface area (Å²) in [6.45, 7) is 6.76.